The fourth-order valence-corrected chi connectivity index (χ4v) is 1.57. The first-order valence-corrected chi connectivity index (χ1v) is 4.87. The summed E-state index contributed by atoms with van der Waals surface area (Å²) in [6, 6.07) is -0.649. The Morgan fingerprint density at radius 1 is 1.36 bits per heavy atom. The molecule has 0 aromatic carbocycles. The number of aliphatic carboxylic acids is 1. The van der Waals surface area contributed by atoms with Crippen molar-refractivity contribution in [2.24, 2.45) is 5.73 Å². The van der Waals surface area contributed by atoms with E-state index in [4.69, 9.17) is 10.8 Å². The zero-order valence-corrected chi connectivity index (χ0v) is 8.11. The molecule has 0 aromatic rings. The Labute approximate surface area is 82.9 Å². The van der Waals surface area contributed by atoms with Gasteiger partial charge in [-0.2, -0.15) is 0 Å². The van der Waals surface area contributed by atoms with Gasteiger partial charge in [-0.1, -0.05) is 0 Å². The van der Waals surface area contributed by atoms with E-state index in [0.29, 0.717) is 0 Å². The van der Waals surface area contributed by atoms with E-state index in [2.05, 4.69) is 0 Å². The van der Waals surface area contributed by atoms with Crippen LogP contribution in [0.1, 0.15) is 25.7 Å². The summed E-state index contributed by atoms with van der Waals surface area (Å²) in [6.07, 6.45) is 2.24. The van der Waals surface area contributed by atoms with Crippen molar-refractivity contribution < 1.29 is 14.7 Å². The van der Waals surface area contributed by atoms with Crippen molar-refractivity contribution in [1.82, 2.24) is 4.90 Å². The van der Waals surface area contributed by atoms with E-state index in [0.717, 1.165) is 25.9 Å². The first-order valence-electron chi connectivity index (χ1n) is 4.87. The predicted octanol–water partition coefficient (Wildman–Crippen LogP) is -0.199. The predicted molar refractivity (Wildman–Crippen MR) is 50.7 cm³/mol. The van der Waals surface area contributed by atoms with Crippen molar-refractivity contribution in [3.8, 4) is 0 Å². The summed E-state index contributed by atoms with van der Waals surface area (Å²) in [5, 5.41) is 8.43. The summed E-state index contributed by atoms with van der Waals surface area (Å²) in [7, 11) is 0. The van der Waals surface area contributed by atoms with E-state index < -0.39 is 12.0 Å². The lowest BCUT2D eigenvalue weighted by molar-refractivity contribution is -0.137. The highest BCUT2D eigenvalue weighted by Gasteiger charge is 2.23. The van der Waals surface area contributed by atoms with Crippen molar-refractivity contribution in [3.05, 3.63) is 0 Å². The number of hydrogen-bond donors (Lipinski definition) is 2. The monoisotopic (exact) mass is 200 g/mol. The number of hydrogen-bond acceptors (Lipinski definition) is 3. The van der Waals surface area contributed by atoms with Crippen molar-refractivity contribution in [2.75, 3.05) is 13.1 Å². The summed E-state index contributed by atoms with van der Waals surface area (Å²) in [5.74, 6) is -1.02. The molecule has 0 spiro atoms. The highest BCUT2D eigenvalue weighted by molar-refractivity contribution is 5.82. The number of amides is 1. The van der Waals surface area contributed by atoms with Gasteiger partial charge < -0.3 is 15.7 Å². The molecule has 1 fully saturated rings. The Morgan fingerprint density at radius 2 is 1.93 bits per heavy atom. The molecule has 1 atom stereocenters. The van der Waals surface area contributed by atoms with Crippen molar-refractivity contribution in [2.45, 2.75) is 31.7 Å². The molecular formula is C9H16N2O3. The molecular weight excluding hydrogens is 184 g/mol. The maximum Gasteiger partial charge on any atom is 0.303 e. The molecule has 1 aliphatic rings. The van der Waals surface area contributed by atoms with Crippen molar-refractivity contribution in [1.29, 1.82) is 0 Å². The third-order valence-electron chi connectivity index (χ3n) is 2.40. The van der Waals surface area contributed by atoms with Crippen LogP contribution in [0.3, 0.4) is 0 Å². The van der Waals surface area contributed by atoms with E-state index in [1.807, 2.05) is 0 Å². The van der Waals surface area contributed by atoms with Crippen LogP contribution in [-0.4, -0.2) is 41.0 Å². The number of nitrogens with two attached hydrogens (primary N) is 1. The molecule has 0 radical (unpaired) electrons. The minimum absolute atomic E-state index is 0.0409. The third kappa shape index (κ3) is 2.99. The molecule has 0 aliphatic carbocycles. The van der Waals surface area contributed by atoms with Gasteiger partial charge in [0.1, 0.15) is 0 Å². The lowest BCUT2D eigenvalue weighted by atomic mass is 10.1. The Bertz CT molecular complexity index is 224. The van der Waals surface area contributed by atoms with Gasteiger partial charge in [0.05, 0.1) is 6.04 Å². The second-order valence-corrected chi connectivity index (χ2v) is 3.57. The number of carboxylic acid groups (broad SMARTS) is 1. The summed E-state index contributed by atoms with van der Waals surface area (Å²) >= 11 is 0. The quantitative estimate of drug-likeness (QED) is 0.658. The molecule has 3 N–H and O–H groups in total. The van der Waals surface area contributed by atoms with Crippen LogP contribution < -0.4 is 5.73 Å². The van der Waals surface area contributed by atoms with Crippen LogP contribution in [0.4, 0.5) is 0 Å². The van der Waals surface area contributed by atoms with E-state index in [1.165, 1.54) is 0 Å². The summed E-state index contributed by atoms with van der Waals surface area (Å²) in [4.78, 5) is 23.5. The summed E-state index contributed by atoms with van der Waals surface area (Å²) < 4.78 is 0. The van der Waals surface area contributed by atoms with Gasteiger partial charge in [-0.05, 0) is 19.3 Å². The van der Waals surface area contributed by atoms with Crippen molar-refractivity contribution >= 4 is 11.9 Å². The largest absolute Gasteiger partial charge is 0.481 e. The first-order chi connectivity index (χ1) is 6.61. The lowest BCUT2D eigenvalue weighted by Crippen LogP contribution is -2.42. The van der Waals surface area contributed by atoms with Gasteiger partial charge in [-0.3, -0.25) is 9.59 Å². The fourth-order valence-electron chi connectivity index (χ4n) is 1.57. The third-order valence-corrected chi connectivity index (χ3v) is 2.40. The van der Waals surface area contributed by atoms with Crippen LogP contribution in [0.25, 0.3) is 0 Å². The maximum atomic E-state index is 11.6. The smallest absolute Gasteiger partial charge is 0.303 e. The minimum atomic E-state index is -0.908. The molecule has 80 valence electrons. The van der Waals surface area contributed by atoms with E-state index in [1.54, 1.807) is 4.90 Å². The number of nitrogens with zero attached hydrogens (tertiary/aromatic N) is 1. The van der Waals surface area contributed by atoms with Gasteiger partial charge in [0, 0.05) is 19.5 Å². The molecule has 0 aromatic heterocycles. The highest BCUT2D eigenvalue weighted by atomic mass is 16.4. The fraction of sp³-hybridized carbons (Fsp3) is 0.778. The van der Waals surface area contributed by atoms with Crippen LogP contribution in [0, 0.1) is 0 Å². The molecule has 0 saturated carbocycles. The molecule has 1 unspecified atom stereocenters. The van der Waals surface area contributed by atoms with Gasteiger partial charge in [0.15, 0.2) is 0 Å². The zero-order chi connectivity index (χ0) is 10.6. The molecule has 1 saturated heterocycles. The maximum absolute atomic E-state index is 11.6. The van der Waals surface area contributed by atoms with Crippen LogP contribution in [0.15, 0.2) is 0 Å². The van der Waals surface area contributed by atoms with Gasteiger partial charge in [-0.15, -0.1) is 0 Å². The van der Waals surface area contributed by atoms with Gasteiger partial charge in [0.2, 0.25) is 5.91 Å². The average molecular weight is 200 g/mol. The molecule has 1 heterocycles. The summed E-state index contributed by atoms with van der Waals surface area (Å²) in [6.45, 7) is 1.53. The number of carbonyl (C=O) groups is 2. The van der Waals surface area contributed by atoms with Crippen LogP contribution >= 0.6 is 0 Å². The first kappa shape index (κ1) is 11.0. The Hall–Kier alpha value is -1.10. The second kappa shape index (κ2) is 4.95. The molecule has 1 amide bonds. The minimum Gasteiger partial charge on any atom is -0.481 e. The number of carbonyl (C=O) groups excluding carboxylic acids is 1. The van der Waals surface area contributed by atoms with E-state index in [9.17, 15) is 9.59 Å². The molecule has 1 rings (SSSR count). The topological polar surface area (TPSA) is 83.6 Å². The Balaban J connectivity index is 2.31. The molecule has 0 bridgehead atoms. The number of rotatable bonds is 4. The van der Waals surface area contributed by atoms with Crippen molar-refractivity contribution in [3.63, 3.8) is 0 Å². The van der Waals surface area contributed by atoms with Gasteiger partial charge in [0.25, 0.3) is 0 Å². The lowest BCUT2D eigenvalue weighted by Gasteiger charge is -2.19. The Morgan fingerprint density at radius 3 is 2.43 bits per heavy atom. The highest BCUT2D eigenvalue weighted by Crippen LogP contribution is 2.10. The van der Waals surface area contributed by atoms with E-state index >= 15 is 0 Å². The molecule has 1 aliphatic heterocycles. The summed E-state index contributed by atoms with van der Waals surface area (Å²) in [5.41, 5.74) is 5.59. The second-order valence-electron chi connectivity index (χ2n) is 3.57. The normalized spacial score (nSPS) is 18.2. The molecule has 5 nitrogen and oxygen atoms in total. The Kier molecular flexibility index (Phi) is 3.88. The molecule has 14 heavy (non-hydrogen) atoms. The zero-order valence-electron chi connectivity index (χ0n) is 8.11. The molecule has 5 heteroatoms. The number of carboxylic acids is 1. The van der Waals surface area contributed by atoms with Crippen LogP contribution in [-0.2, 0) is 9.59 Å². The van der Waals surface area contributed by atoms with Crippen LogP contribution in [0.5, 0.6) is 0 Å². The average Bonchev–Trinajstić information content (AvgIpc) is 2.65. The van der Waals surface area contributed by atoms with Gasteiger partial charge in [-0.25, -0.2) is 0 Å². The van der Waals surface area contributed by atoms with Gasteiger partial charge >= 0.3 is 5.97 Å². The SMILES string of the molecule is NC(CCC(=O)O)C(=O)N1CCCC1. The number of likely N-dealkylation sites (tertiary alicyclic amines) is 1. The van der Waals surface area contributed by atoms with Crippen LogP contribution in [0.2, 0.25) is 0 Å². The standard InChI is InChI=1S/C9H16N2O3/c10-7(3-4-8(12)13)9(14)11-5-1-2-6-11/h7H,1-6,10H2,(H,12,13). The van der Waals surface area contributed by atoms with E-state index in [-0.39, 0.29) is 18.7 Å².